The van der Waals surface area contributed by atoms with Crippen LogP contribution in [0.25, 0.3) is 5.65 Å². The van der Waals surface area contributed by atoms with Crippen LogP contribution < -0.4 is 10.2 Å². The second-order valence-corrected chi connectivity index (χ2v) is 4.90. The van der Waals surface area contributed by atoms with Crippen LogP contribution in [0.5, 0.6) is 0 Å². The van der Waals surface area contributed by atoms with Crippen LogP contribution in [-0.4, -0.2) is 40.8 Å². The third-order valence-electron chi connectivity index (χ3n) is 3.61. The van der Waals surface area contributed by atoms with Crippen molar-refractivity contribution in [3.63, 3.8) is 0 Å². The first kappa shape index (κ1) is 11.5. The Balaban J connectivity index is 1.96. The van der Waals surface area contributed by atoms with Gasteiger partial charge < -0.3 is 10.2 Å². The van der Waals surface area contributed by atoms with Crippen LogP contribution in [0, 0.1) is 6.92 Å². The van der Waals surface area contributed by atoms with Gasteiger partial charge in [0.1, 0.15) is 0 Å². The van der Waals surface area contributed by atoms with Gasteiger partial charge in [-0.05, 0) is 38.9 Å². The summed E-state index contributed by atoms with van der Waals surface area (Å²) in [6.45, 7) is 4.11. The minimum absolute atomic E-state index is 0.521. The monoisotopic (exact) mass is 245 g/mol. The molecule has 0 aromatic carbocycles. The van der Waals surface area contributed by atoms with Gasteiger partial charge in [0.05, 0.1) is 0 Å². The number of hydrogen-bond donors (Lipinski definition) is 1. The predicted molar refractivity (Wildman–Crippen MR) is 72.0 cm³/mol. The number of pyridine rings is 1. The zero-order valence-electron chi connectivity index (χ0n) is 10.9. The lowest BCUT2D eigenvalue weighted by molar-refractivity contribution is 0.607. The Morgan fingerprint density at radius 3 is 3.11 bits per heavy atom. The van der Waals surface area contributed by atoms with E-state index in [4.69, 9.17) is 0 Å². The van der Waals surface area contributed by atoms with Gasteiger partial charge in [0.2, 0.25) is 5.95 Å². The summed E-state index contributed by atoms with van der Waals surface area (Å²) in [5, 5.41) is 7.88. The molecule has 2 aromatic heterocycles. The van der Waals surface area contributed by atoms with Gasteiger partial charge in [0.25, 0.3) is 0 Å². The Labute approximate surface area is 107 Å². The van der Waals surface area contributed by atoms with Gasteiger partial charge in [-0.1, -0.05) is 6.07 Å². The summed E-state index contributed by atoms with van der Waals surface area (Å²) >= 11 is 0. The topological polar surface area (TPSA) is 45.5 Å². The Morgan fingerprint density at radius 2 is 2.33 bits per heavy atom. The maximum absolute atomic E-state index is 4.64. The fourth-order valence-corrected chi connectivity index (χ4v) is 2.69. The second kappa shape index (κ2) is 4.57. The zero-order valence-corrected chi connectivity index (χ0v) is 10.9. The molecule has 1 aliphatic rings. The molecule has 1 atom stereocenters. The number of hydrogen-bond acceptors (Lipinski definition) is 4. The Morgan fingerprint density at radius 1 is 1.44 bits per heavy atom. The van der Waals surface area contributed by atoms with E-state index in [0.29, 0.717) is 6.04 Å². The second-order valence-electron chi connectivity index (χ2n) is 4.90. The summed E-state index contributed by atoms with van der Waals surface area (Å²) < 4.78 is 1.92. The van der Waals surface area contributed by atoms with Crippen molar-refractivity contribution in [1.29, 1.82) is 0 Å². The van der Waals surface area contributed by atoms with E-state index in [1.165, 1.54) is 12.8 Å². The van der Waals surface area contributed by atoms with Crippen LogP contribution in [0.15, 0.2) is 18.2 Å². The van der Waals surface area contributed by atoms with E-state index in [1.54, 1.807) is 0 Å². The number of likely N-dealkylation sites (N-methyl/N-ethyl adjacent to an activating group) is 1. The van der Waals surface area contributed by atoms with Gasteiger partial charge in [-0.15, -0.1) is 5.10 Å². The first-order valence-electron chi connectivity index (χ1n) is 6.53. The van der Waals surface area contributed by atoms with Gasteiger partial charge in [-0.25, -0.2) is 4.52 Å². The van der Waals surface area contributed by atoms with Crippen molar-refractivity contribution in [3.8, 4) is 0 Å². The summed E-state index contributed by atoms with van der Waals surface area (Å²) in [6.07, 6.45) is 2.44. The first-order valence-corrected chi connectivity index (χ1v) is 6.53. The fraction of sp³-hybridized carbons (Fsp3) is 0.538. The molecular weight excluding hydrogens is 226 g/mol. The average molecular weight is 245 g/mol. The van der Waals surface area contributed by atoms with Crippen LogP contribution in [0.3, 0.4) is 0 Å². The van der Waals surface area contributed by atoms with E-state index in [2.05, 4.69) is 33.3 Å². The normalized spacial score (nSPS) is 19.9. The van der Waals surface area contributed by atoms with E-state index in [1.807, 2.05) is 23.7 Å². The van der Waals surface area contributed by atoms with E-state index in [0.717, 1.165) is 30.4 Å². The zero-order chi connectivity index (χ0) is 12.5. The highest BCUT2D eigenvalue weighted by Gasteiger charge is 2.27. The number of nitrogens with zero attached hydrogens (tertiary/aromatic N) is 4. The predicted octanol–water partition coefficient (Wildman–Crippen LogP) is 1.23. The third-order valence-corrected chi connectivity index (χ3v) is 3.61. The Bertz CT molecular complexity index is 547. The highest BCUT2D eigenvalue weighted by atomic mass is 15.4. The molecule has 2 aromatic rings. The Hall–Kier alpha value is -1.62. The van der Waals surface area contributed by atoms with E-state index in [-0.39, 0.29) is 0 Å². The van der Waals surface area contributed by atoms with E-state index in [9.17, 15) is 0 Å². The number of rotatable bonds is 3. The maximum atomic E-state index is 4.64. The quantitative estimate of drug-likeness (QED) is 0.883. The molecule has 0 saturated carbocycles. The summed E-state index contributed by atoms with van der Waals surface area (Å²) in [4.78, 5) is 6.96. The minimum Gasteiger partial charge on any atom is -0.335 e. The largest absolute Gasteiger partial charge is 0.335 e. The van der Waals surface area contributed by atoms with Crippen LogP contribution in [-0.2, 0) is 0 Å². The van der Waals surface area contributed by atoms with Crippen molar-refractivity contribution in [2.24, 2.45) is 0 Å². The first-order chi connectivity index (χ1) is 8.79. The number of anilines is 1. The molecule has 1 aliphatic heterocycles. The standard InChI is InChI=1S/C13H19N5/c1-10-5-3-7-12-15-13(16-18(10)12)17-8-4-6-11(17)9-14-2/h3,5,7,11,14H,4,6,8-9H2,1-2H3. The summed E-state index contributed by atoms with van der Waals surface area (Å²) in [7, 11) is 2.00. The maximum Gasteiger partial charge on any atom is 0.245 e. The highest BCUT2D eigenvalue weighted by Crippen LogP contribution is 2.23. The molecule has 96 valence electrons. The molecule has 0 radical (unpaired) electrons. The highest BCUT2D eigenvalue weighted by molar-refractivity contribution is 5.46. The molecule has 18 heavy (non-hydrogen) atoms. The smallest absolute Gasteiger partial charge is 0.245 e. The van der Waals surface area contributed by atoms with Gasteiger partial charge in [-0.3, -0.25) is 0 Å². The van der Waals surface area contributed by atoms with Crippen molar-refractivity contribution in [2.75, 3.05) is 25.0 Å². The molecule has 5 nitrogen and oxygen atoms in total. The number of aromatic nitrogens is 3. The Kier molecular flexibility index (Phi) is 2.91. The van der Waals surface area contributed by atoms with Crippen molar-refractivity contribution >= 4 is 11.6 Å². The molecular formula is C13H19N5. The van der Waals surface area contributed by atoms with Crippen molar-refractivity contribution in [3.05, 3.63) is 23.9 Å². The fourth-order valence-electron chi connectivity index (χ4n) is 2.69. The van der Waals surface area contributed by atoms with E-state index >= 15 is 0 Å². The molecule has 0 aliphatic carbocycles. The molecule has 5 heteroatoms. The summed E-state index contributed by atoms with van der Waals surface area (Å²) in [6, 6.07) is 6.61. The molecule has 1 saturated heterocycles. The van der Waals surface area contributed by atoms with E-state index < -0.39 is 0 Å². The van der Waals surface area contributed by atoms with Gasteiger partial charge >= 0.3 is 0 Å². The van der Waals surface area contributed by atoms with Crippen LogP contribution in [0.1, 0.15) is 18.5 Å². The lowest BCUT2D eigenvalue weighted by Crippen LogP contribution is -2.37. The van der Waals surface area contributed by atoms with Crippen LogP contribution >= 0.6 is 0 Å². The molecule has 0 amide bonds. The molecule has 1 N–H and O–H groups in total. The molecule has 0 bridgehead atoms. The van der Waals surface area contributed by atoms with Crippen molar-refractivity contribution in [1.82, 2.24) is 19.9 Å². The minimum atomic E-state index is 0.521. The molecule has 0 spiro atoms. The summed E-state index contributed by atoms with van der Waals surface area (Å²) in [5.74, 6) is 0.863. The van der Waals surface area contributed by atoms with Gasteiger partial charge in [0.15, 0.2) is 5.65 Å². The number of fused-ring (bicyclic) bond motifs is 1. The lowest BCUT2D eigenvalue weighted by Gasteiger charge is -2.22. The van der Waals surface area contributed by atoms with Crippen LogP contribution in [0.4, 0.5) is 5.95 Å². The van der Waals surface area contributed by atoms with Crippen molar-refractivity contribution < 1.29 is 0 Å². The third kappa shape index (κ3) is 1.84. The molecule has 1 unspecified atom stereocenters. The average Bonchev–Trinajstić information content (AvgIpc) is 2.95. The SMILES string of the molecule is CNCC1CCCN1c1nc2cccc(C)n2n1. The molecule has 3 heterocycles. The molecule has 1 fully saturated rings. The van der Waals surface area contributed by atoms with Crippen LogP contribution in [0.2, 0.25) is 0 Å². The lowest BCUT2D eigenvalue weighted by atomic mass is 10.2. The summed E-state index contributed by atoms with van der Waals surface area (Å²) in [5.41, 5.74) is 2.05. The number of nitrogens with one attached hydrogen (secondary N) is 1. The number of aryl methyl sites for hydroxylation is 1. The van der Waals surface area contributed by atoms with Crippen molar-refractivity contribution in [2.45, 2.75) is 25.8 Å². The molecule has 3 rings (SSSR count). The van der Waals surface area contributed by atoms with Gasteiger partial charge in [-0.2, -0.15) is 4.98 Å². The van der Waals surface area contributed by atoms with Gasteiger partial charge in [0, 0.05) is 24.8 Å².